The Bertz CT molecular complexity index is 1300. The van der Waals surface area contributed by atoms with Gasteiger partial charge in [-0.1, -0.05) is 6.08 Å². The first-order valence-corrected chi connectivity index (χ1v) is 10.6. The van der Waals surface area contributed by atoms with Gasteiger partial charge in [0.1, 0.15) is 5.42 Å². The zero-order valence-corrected chi connectivity index (χ0v) is 18.1. The standard InChI is InChI=1S/C24H28N4O2/c1-16-13-27-14-18(9-20(27)12-25-16)21-10-17-5-7-24(2,11-22(17)30-23(21)29)28-8-6-19(15-28)26(3)4/h5,9-14,19H,6-8,15H2,1-4H3. The van der Waals surface area contributed by atoms with Crippen LogP contribution in [0.3, 0.4) is 0 Å². The number of nitrogens with zero attached hydrogens (tertiary/aromatic N) is 4. The molecule has 5 rings (SSSR count). The summed E-state index contributed by atoms with van der Waals surface area (Å²) in [4.78, 5) is 22.0. The number of rotatable bonds is 3. The van der Waals surface area contributed by atoms with Crippen LogP contribution in [0.1, 0.15) is 25.5 Å². The average molecular weight is 405 g/mol. The Kier molecular flexibility index (Phi) is 4.45. The van der Waals surface area contributed by atoms with E-state index in [0.29, 0.717) is 17.0 Å². The molecule has 0 bridgehead atoms. The summed E-state index contributed by atoms with van der Waals surface area (Å²) in [5.41, 5.74) is 3.61. The van der Waals surface area contributed by atoms with Crippen molar-refractivity contribution in [3.63, 3.8) is 0 Å². The zero-order chi connectivity index (χ0) is 21.0. The summed E-state index contributed by atoms with van der Waals surface area (Å²) in [6, 6.07) is 4.53. The van der Waals surface area contributed by atoms with E-state index in [-0.39, 0.29) is 11.2 Å². The molecule has 1 aliphatic heterocycles. The number of fused-ring (bicyclic) bond motifs is 2. The number of aryl methyl sites for hydroxylation is 1. The Hall–Kier alpha value is -2.70. The lowest BCUT2D eigenvalue weighted by molar-refractivity contribution is 0.183. The van der Waals surface area contributed by atoms with Gasteiger partial charge in [0.25, 0.3) is 0 Å². The third kappa shape index (κ3) is 3.20. The van der Waals surface area contributed by atoms with Crippen molar-refractivity contribution in [3.05, 3.63) is 57.5 Å². The first-order chi connectivity index (χ1) is 14.3. The molecule has 1 saturated heterocycles. The highest BCUT2D eigenvalue weighted by molar-refractivity contribution is 5.69. The van der Waals surface area contributed by atoms with Gasteiger partial charge in [0.05, 0.1) is 23.0 Å². The molecule has 1 aliphatic carbocycles. The molecule has 3 aromatic rings. The minimum atomic E-state index is -0.296. The maximum absolute atomic E-state index is 12.9. The van der Waals surface area contributed by atoms with Crippen molar-refractivity contribution in [3.8, 4) is 11.1 Å². The van der Waals surface area contributed by atoms with Crippen LogP contribution < -0.4 is 16.3 Å². The van der Waals surface area contributed by atoms with Crippen molar-refractivity contribution in [2.75, 3.05) is 27.2 Å². The van der Waals surface area contributed by atoms with Gasteiger partial charge >= 0.3 is 5.63 Å². The van der Waals surface area contributed by atoms with Gasteiger partial charge < -0.3 is 13.7 Å². The third-order valence-electron chi connectivity index (χ3n) is 6.72. The van der Waals surface area contributed by atoms with Crippen LogP contribution in [0.15, 0.2) is 39.9 Å². The Morgan fingerprint density at radius 2 is 2.10 bits per heavy atom. The van der Waals surface area contributed by atoms with E-state index in [1.165, 1.54) is 6.42 Å². The van der Waals surface area contributed by atoms with E-state index in [2.05, 4.69) is 48.0 Å². The number of likely N-dealkylation sites (N-methyl/N-ethyl adjacent to an activating group) is 1. The summed E-state index contributed by atoms with van der Waals surface area (Å²) in [6.45, 7) is 6.30. The topological polar surface area (TPSA) is 54.0 Å². The molecule has 0 aromatic carbocycles. The van der Waals surface area contributed by atoms with Crippen molar-refractivity contribution in [2.24, 2.45) is 0 Å². The second-order valence-electron chi connectivity index (χ2n) is 9.12. The Morgan fingerprint density at radius 3 is 2.87 bits per heavy atom. The van der Waals surface area contributed by atoms with Crippen LogP contribution in [0.4, 0.5) is 0 Å². The lowest BCUT2D eigenvalue weighted by Gasteiger charge is -2.37. The molecule has 0 saturated carbocycles. The van der Waals surface area contributed by atoms with Crippen LogP contribution in [-0.2, 0) is 0 Å². The lowest BCUT2D eigenvalue weighted by Crippen LogP contribution is -2.49. The second kappa shape index (κ2) is 6.93. The van der Waals surface area contributed by atoms with Crippen LogP contribution in [-0.4, -0.2) is 58.0 Å². The predicted octanol–water partition coefficient (Wildman–Crippen LogP) is 1.62. The molecule has 6 heteroatoms. The molecule has 0 amide bonds. The molecular formula is C24H28N4O2. The van der Waals surface area contributed by atoms with E-state index in [1.54, 1.807) is 0 Å². The molecular weight excluding hydrogens is 376 g/mol. The molecule has 3 aromatic heterocycles. The molecule has 0 radical (unpaired) electrons. The van der Waals surface area contributed by atoms with Crippen molar-refractivity contribution in [1.82, 2.24) is 19.2 Å². The van der Waals surface area contributed by atoms with Crippen LogP contribution in [0.25, 0.3) is 28.8 Å². The van der Waals surface area contributed by atoms with Crippen LogP contribution in [0.2, 0.25) is 0 Å². The maximum atomic E-state index is 12.9. The number of hydrogen-bond donors (Lipinski definition) is 0. The highest BCUT2D eigenvalue weighted by Gasteiger charge is 2.36. The molecule has 0 N–H and O–H groups in total. The summed E-state index contributed by atoms with van der Waals surface area (Å²) in [6.07, 6.45) is 12.2. The van der Waals surface area contributed by atoms with Gasteiger partial charge in [0, 0.05) is 47.8 Å². The summed E-state index contributed by atoms with van der Waals surface area (Å²) >= 11 is 0. The Balaban J connectivity index is 1.53. The normalized spacial score (nSPS) is 24.1. The molecule has 4 heterocycles. The first-order valence-electron chi connectivity index (χ1n) is 10.6. The molecule has 2 aliphatic rings. The molecule has 30 heavy (non-hydrogen) atoms. The number of likely N-dealkylation sites (tertiary alicyclic amines) is 1. The van der Waals surface area contributed by atoms with Gasteiger partial charge in [-0.15, -0.1) is 0 Å². The van der Waals surface area contributed by atoms with E-state index in [4.69, 9.17) is 4.42 Å². The van der Waals surface area contributed by atoms with Gasteiger partial charge in [0.2, 0.25) is 0 Å². The van der Waals surface area contributed by atoms with Gasteiger partial charge in [-0.3, -0.25) is 9.88 Å². The fraction of sp³-hybridized carbons (Fsp3) is 0.417. The molecule has 156 valence electrons. The minimum Gasteiger partial charge on any atom is -0.423 e. The molecule has 6 nitrogen and oxygen atoms in total. The van der Waals surface area contributed by atoms with Crippen molar-refractivity contribution < 1.29 is 4.42 Å². The van der Waals surface area contributed by atoms with E-state index in [9.17, 15) is 4.79 Å². The van der Waals surface area contributed by atoms with E-state index in [1.807, 2.05) is 42.0 Å². The van der Waals surface area contributed by atoms with E-state index >= 15 is 0 Å². The van der Waals surface area contributed by atoms with Gasteiger partial charge in [-0.05, 0) is 59.0 Å². The van der Waals surface area contributed by atoms with Crippen LogP contribution >= 0.6 is 0 Å². The zero-order valence-electron chi connectivity index (χ0n) is 18.1. The highest BCUT2D eigenvalue weighted by Crippen LogP contribution is 2.29. The van der Waals surface area contributed by atoms with Crippen molar-refractivity contribution in [2.45, 2.75) is 38.3 Å². The van der Waals surface area contributed by atoms with Crippen LogP contribution in [0, 0.1) is 6.92 Å². The second-order valence-corrected chi connectivity index (χ2v) is 9.12. The monoisotopic (exact) mass is 404 g/mol. The number of hydrogen-bond acceptors (Lipinski definition) is 5. The fourth-order valence-corrected chi connectivity index (χ4v) is 4.74. The number of aromatic nitrogens is 2. The largest absolute Gasteiger partial charge is 0.423 e. The summed E-state index contributed by atoms with van der Waals surface area (Å²) in [5, 5.41) is 0.995. The van der Waals surface area contributed by atoms with Gasteiger partial charge in [-0.25, -0.2) is 4.79 Å². The summed E-state index contributed by atoms with van der Waals surface area (Å²) in [5.74, 6) is 0. The van der Waals surface area contributed by atoms with Crippen molar-refractivity contribution >= 4 is 17.7 Å². The van der Waals surface area contributed by atoms with Crippen molar-refractivity contribution in [1.29, 1.82) is 0 Å². The Labute approximate surface area is 175 Å². The molecule has 2 unspecified atom stereocenters. The third-order valence-corrected chi connectivity index (χ3v) is 6.72. The molecule has 2 atom stereocenters. The van der Waals surface area contributed by atoms with E-state index < -0.39 is 0 Å². The summed E-state index contributed by atoms with van der Waals surface area (Å²) < 4.78 is 7.83. The SMILES string of the molecule is Cc1cn2cc(-c3cc4c(oc3=O)=CC(C)(N3CCC(N(C)C)C3)CC=4)cc2cn1. The first kappa shape index (κ1) is 19.3. The fourth-order valence-electron chi connectivity index (χ4n) is 4.74. The highest BCUT2D eigenvalue weighted by atomic mass is 16.4. The Morgan fingerprint density at radius 1 is 1.27 bits per heavy atom. The van der Waals surface area contributed by atoms with E-state index in [0.717, 1.165) is 41.5 Å². The van der Waals surface area contributed by atoms with Crippen LogP contribution in [0.5, 0.6) is 0 Å². The maximum Gasteiger partial charge on any atom is 0.344 e. The smallest absolute Gasteiger partial charge is 0.344 e. The summed E-state index contributed by atoms with van der Waals surface area (Å²) in [7, 11) is 4.29. The molecule has 1 fully saturated rings. The predicted molar refractivity (Wildman–Crippen MR) is 119 cm³/mol. The van der Waals surface area contributed by atoms with Gasteiger partial charge in [0.15, 0.2) is 0 Å². The average Bonchev–Trinajstić information content (AvgIpc) is 3.35. The molecule has 0 spiro atoms. The quantitative estimate of drug-likeness (QED) is 0.664. The minimum absolute atomic E-state index is 0.122. The lowest BCUT2D eigenvalue weighted by atomic mass is 9.91. The van der Waals surface area contributed by atoms with Gasteiger partial charge in [-0.2, -0.15) is 0 Å².